The van der Waals surface area contributed by atoms with Crippen LogP contribution in [0, 0.1) is 10.1 Å². The molecule has 9 heteroatoms. The smallest absolute Gasteiger partial charge is 0.268 e. The second kappa shape index (κ2) is 8.60. The van der Waals surface area contributed by atoms with E-state index < -0.39 is 16.1 Å². The number of nitro groups is 1. The maximum atomic E-state index is 12.5. The van der Waals surface area contributed by atoms with E-state index in [2.05, 4.69) is 0 Å². The molecule has 0 N–H and O–H groups in total. The average Bonchev–Trinajstić information content (AvgIpc) is 2.92. The number of halogens is 2. The summed E-state index contributed by atoms with van der Waals surface area (Å²) >= 11 is 13.1. The van der Waals surface area contributed by atoms with Crippen LogP contribution in [0.25, 0.3) is 6.08 Å². The minimum absolute atomic E-state index is 0.00324. The van der Waals surface area contributed by atoms with E-state index in [1.807, 2.05) is 0 Å². The van der Waals surface area contributed by atoms with Gasteiger partial charge in [-0.25, -0.2) is 0 Å². The van der Waals surface area contributed by atoms with Gasteiger partial charge < -0.3 is 0 Å². The highest BCUT2D eigenvalue weighted by Crippen LogP contribution is 2.34. The lowest BCUT2D eigenvalue weighted by molar-refractivity contribution is -0.384. The van der Waals surface area contributed by atoms with Gasteiger partial charge >= 0.3 is 0 Å². The summed E-state index contributed by atoms with van der Waals surface area (Å²) in [5.41, 5.74) is 1.23. The number of nitro benzene ring substituents is 1. The topological polar surface area (TPSA) is 80.5 Å². The van der Waals surface area contributed by atoms with Crippen LogP contribution in [0.3, 0.4) is 0 Å². The number of nitrogens with zero attached hydrogens (tertiary/aromatic N) is 2. The Hall–Kier alpha value is -2.61. The fraction of sp³-hybridized carbons (Fsp3) is 0.0526. The number of rotatable bonds is 5. The van der Waals surface area contributed by atoms with E-state index in [0.717, 1.165) is 22.2 Å². The lowest BCUT2D eigenvalue weighted by Crippen LogP contribution is -2.27. The van der Waals surface area contributed by atoms with Crippen molar-refractivity contribution in [3.8, 4) is 0 Å². The molecule has 0 saturated carbocycles. The molecule has 2 amide bonds. The van der Waals surface area contributed by atoms with Gasteiger partial charge in [-0.1, -0.05) is 41.4 Å². The van der Waals surface area contributed by atoms with Crippen LogP contribution < -0.4 is 0 Å². The third-order valence-corrected chi connectivity index (χ3v) is 5.53. The molecule has 0 spiro atoms. The largest absolute Gasteiger partial charge is 0.293 e. The van der Waals surface area contributed by atoms with Gasteiger partial charge in [0.2, 0.25) is 0 Å². The van der Waals surface area contributed by atoms with Crippen molar-refractivity contribution >= 4 is 57.9 Å². The van der Waals surface area contributed by atoms with Crippen LogP contribution in [0.5, 0.6) is 0 Å². The number of allylic oxidation sites excluding steroid dienone is 2. The monoisotopic (exact) mass is 434 g/mol. The highest BCUT2D eigenvalue weighted by molar-refractivity contribution is 8.18. The summed E-state index contributed by atoms with van der Waals surface area (Å²) in [6.07, 6.45) is 4.82. The Bertz CT molecular complexity index is 999. The van der Waals surface area contributed by atoms with Crippen LogP contribution in [-0.4, -0.2) is 21.0 Å². The molecule has 3 rings (SSSR count). The van der Waals surface area contributed by atoms with E-state index in [9.17, 15) is 19.7 Å². The van der Waals surface area contributed by atoms with Crippen molar-refractivity contribution in [2.24, 2.45) is 0 Å². The zero-order valence-corrected chi connectivity index (χ0v) is 16.5. The number of carbonyl (C=O) groups excluding carboxylic acids is 2. The fourth-order valence-corrected chi connectivity index (χ4v) is 3.75. The van der Waals surface area contributed by atoms with Gasteiger partial charge in [0.1, 0.15) is 0 Å². The van der Waals surface area contributed by atoms with Crippen LogP contribution >= 0.6 is 35.0 Å². The van der Waals surface area contributed by atoms with Gasteiger partial charge in [-0.05, 0) is 47.7 Å². The molecule has 0 unspecified atom stereocenters. The lowest BCUT2D eigenvalue weighted by atomic mass is 10.2. The summed E-state index contributed by atoms with van der Waals surface area (Å²) in [5.74, 6) is -0.431. The molecule has 2 aromatic carbocycles. The molecule has 1 aliphatic rings. The summed E-state index contributed by atoms with van der Waals surface area (Å²) < 4.78 is 0. The number of benzene rings is 2. The first kappa shape index (κ1) is 20.1. The molecule has 0 radical (unpaired) electrons. The standard InChI is InChI=1S/C19H12Cl2N2O4S/c20-15-4-2-5-16(21)14(15)11-22-18(24)17(28-19(22)25)6-1-3-12-7-9-13(10-8-12)23(26)27/h1-10H,11H2/b3-1+,17-6-. The Balaban J connectivity index is 1.73. The molecule has 1 saturated heterocycles. The van der Waals surface area contributed by atoms with Crippen molar-refractivity contribution in [3.05, 3.63) is 90.8 Å². The van der Waals surface area contributed by atoms with E-state index in [4.69, 9.17) is 23.2 Å². The summed E-state index contributed by atoms with van der Waals surface area (Å²) in [6, 6.07) is 10.9. The van der Waals surface area contributed by atoms with Crippen molar-refractivity contribution in [2.45, 2.75) is 6.54 Å². The van der Waals surface area contributed by atoms with Crippen LogP contribution in [-0.2, 0) is 11.3 Å². The number of non-ortho nitro benzene ring substituents is 1. The first-order valence-electron chi connectivity index (χ1n) is 7.96. The van der Waals surface area contributed by atoms with Crippen molar-refractivity contribution < 1.29 is 14.5 Å². The molecule has 1 heterocycles. The van der Waals surface area contributed by atoms with Gasteiger partial charge in [0.05, 0.1) is 16.4 Å². The minimum Gasteiger partial charge on any atom is -0.268 e. The second-order valence-corrected chi connectivity index (χ2v) is 7.51. The highest BCUT2D eigenvalue weighted by Gasteiger charge is 2.35. The third-order valence-electron chi connectivity index (χ3n) is 3.89. The molecule has 6 nitrogen and oxygen atoms in total. The summed E-state index contributed by atoms with van der Waals surface area (Å²) in [4.78, 5) is 36.3. The van der Waals surface area contributed by atoms with Crippen LogP contribution in [0.2, 0.25) is 10.0 Å². The first-order valence-corrected chi connectivity index (χ1v) is 9.53. The molecule has 0 aliphatic carbocycles. The van der Waals surface area contributed by atoms with Crippen LogP contribution in [0.1, 0.15) is 11.1 Å². The molecular weight excluding hydrogens is 423 g/mol. The number of imide groups is 1. The Morgan fingerprint density at radius 2 is 1.71 bits per heavy atom. The van der Waals surface area contributed by atoms with Gasteiger partial charge in [-0.3, -0.25) is 24.6 Å². The first-order chi connectivity index (χ1) is 13.4. The quantitative estimate of drug-likeness (QED) is 0.342. The van der Waals surface area contributed by atoms with Gasteiger partial charge in [0.15, 0.2) is 0 Å². The zero-order chi connectivity index (χ0) is 20.3. The van der Waals surface area contributed by atoms with E-state index in [1.165, 1.54) is 18.2 Å². The molecule has 1 fully saturated rings. The van der Waals surface area contributed by atoms with Crippen molar-refractivity contribution in [1.29, 1.82) is 0 Å². The fourth-order valence-electron chi connectivity index (χ4n) is 2.45. The van der Waals surface area contributed by atoms with Crippen LogP contribution in [0.15, 0.2) is 59.5 Å². The molecule has 28 heavy (non-hydrogen) atoms. The summed E-state index contributed by atoms with van der Waals surface area (Å²) in [6.45, 7) is -0.00736. The Labute approximate surface area is 174 Å². The van der Waals surface area contributed by atoms with Gasteiger partial charge in [0, 0.05) is 27.7 Å². The third kappa shape index (κ3) is 4.44. The number of amides is 2. The number of hydrogen-bond donors (Lipinski definition) is 0. The molecule has 1 aliphatic heterocycles. The maximum absolute atomic E-state index is 12.5. The van der Waals surface area contributed by atoms with Crippen molar-refractivity contribution in [3.63, 3.8) is 0 Å². The van der Waals surface area contributed by atoms with E-state index in [-0.39, 0.29) is 17.1 Å². The van der Waals surface area contributed by atoms with E-state index in [1.54, 1.807) is 42.5 Å². The number of hydrogen-bond acceptors (Lipinski definition) is 5. The SMILES string of the molecule is O=C1S/C(=C\C=C\c2ccc([N+](=O)[O-])cc2)C(=O)N1Cc1c(Cl)cccc1Cl. The summed E-state index contributed by atoms with van der Waals surface area (Å²) in [7, 11) is 0. The molecular formula is C19H12Cl2N2O4S. The van der Waals surface area contributed by atoms with Crippen molar-refractivity contribution in [1.82, 2.24) is 4.90 Å². The van der Waals surface area contributed by atoms with Gasteiger partial charge in [-0.15, -0.1) is 0 Å². The number of carbonyl (C=O) groups is 2. The zero-order valence-electron chi connectivity index (χ0n) is 14.2. The van der Waals surface area contributed by atoms with E-state index >= 15 is 0 Å². The average molecular weight is 435 g/mol. The Morgan fingerprint density at radius 3 is 2.32 bits per heavy atom. The van der Waals surface area contributed by atoms with Gasteiger partial charge in [-0.2, -0.15) is 0 Å². The van der Waals surface area contributed by atoms with Gasteiger partial charge in [0.25, 0.3) is 16.8 Å². The number of thioether (sulfide) groups is 1. The van der Waals surface area contributed by atoms with E-state index in [0.29, 0.717) is 15.6 Å². The summed E-state index contributed by atoms with van der Waals surface area (Å²) in [5, 5.41) is 11.0. The lowest BCUT2D eigenvalue weighted by Gasteiger charge is -2.14. The maximum Gasteiger partial charge on any atom is 0.293 e. The molecule has 2 aromatic rings. The minimum atomic E-state index is -0.477. The molecule has 142 valence electrons. The Kier molecular flexibility index (Phi) is 6.18. The predicted molar refractivity (Wildman–Crippen MR) is 110 cm³/mol. The molecule has 0 bridgehead atoms. The molecule has 0 atom stereocenters. The Morgan fingerprint density at radius 1 is 1.07 bits per heavy atom. The van der Waals surface area contributed by atoms with Crippen LogP contribution in [0.4, 0.5) is 10.5 Å². The van der Waals surface area contributed by atoms with Crippen molar-refractivity contribution in [2.75, 3.05) is 0 Å². The molecule has 0 aromatic heterocycles. The normalized spacial score (nSPS) is 15.8. The predicted octanol–water partition coefficient (Wildman–Crippen LogP) is 5.69. The highest BCUT2D eigenvalue weighted by atomic mass is 35.5. The second-order valence-electron chi connectivity index (χ2n) is 5.70.